The number of oxime groups is 1. The number of aliphatic carboxylic acids is 1. The minimum Gasteiger partial charge on any atom is -0.481 e. The second kappa shape index (κ2) is 4.32. The molecule has 0 atom stereocenters. The van der Waals surface area contributed by atoms with Gasteiger partial charge >= 0.3 is 5.97 Å². The van der Waals surface area contributed by atoms with E-state index in [0.717, 1.165) is 10.1 Å². The van der Waals surface area contributed by atoms with E-state index in [-0.39, 0.29) is 12.1 Å². The average Bonchev–Trinajstić information content (AvgIpc) is 2.68. The predicted molar refractivity (Wildman–Crippen MR) is 62.4 cm³/mol. The molecule has 1 heterocycles. The topological polar surface area (TPSA) is 69.9 Å². The molecule has 5 heteroatoms. The van der Waals surface area contributed by atoms with E-state index in [0.29, 0.717) is 4.88 Å². The number of carboxylic acid groups (broad SMARTS) is 1. The molecule has 0 saturated heterocycles. The summed E-state index contributed by atoms with van der Waals surface area (Å²) in [5.41, 5.74) is 0.189. The maximum absolute atomic E-state index is 10.6. The molecule has 16 heavy (non-hydrogen) atoms. The second-order valence-corrected chi connectivity index (χ2v) is 4.35. The highest BCUT2D eigenvalue weighted by atomic mass is 32.1. The third-order valence-corrected chi connectivity index (χ3v) is 3.31. The molecule has 0 aliphatic heterocycles. The van der Waals surface area contributed by atoms with Crippen LogP contribution in [0.15, 0.2) is 35.5 Å². The zero-order chi connectivity index (χ0) is 11.5. The molecule has 2 N–H and O–H groups in total. The number of hydrogen-bond donors (Lipinski definition) is 2. The molecule has 1 aromatic heterocycles. The van der Waals surface area contributed by atoms with E-state index in [1.807, 2.05) is 30.3 Å². The van der Waals surface area contributed by atoms with Crippen LogP contribution < -0.4 is 0 Å². The molecule has 2 rings (SSSR count). The van der Waals surface area contributed by atoms with Crippen molar-refractivity contribution in [2.24, 2.45) is 5.16 Å². The van der Waals surface area contributed by atoms with Crippen LogP contribution in [0.4, 0.5) is 0 Å². The number of benzene rings is 1. The lowest BCUT2D eigenvalue weighted by Crippen LogP contribution is -2.06. The van der Waals surface area contributed by atoms with Gasteiger partial charge in [0.05, 0.1) is 11.3 Å². The maximum Gasteiger partial charge on any atom is 0.309 e. The van der Waals surface area contributed by atoms with Crippen molar-refractivity contribution in [1.82, 2.24) is 0 Å². The Morgan fingerprint density at radius 3 is 2.75 bits per heavy atom. The summed E-state index contributed by atoms with van der Waals surface area (Å²) >= 11 is 1.42. The van der Waals surface area contributed by atoms with E-state index in [4.69, 9.17) is 10.3 Å². The highest BCUT2D eigenvalue weighted by molar-refractivity contribution is 7.20. The Bertz CT molecular complexity index is 526. The number of carbonyl (C=O) groups is 1. The molecule has 0 aliphatic carbocycles. The first-order valence-corrected chi connectivity index (χ1v) is 5.44. The van der Waals surface area contributed by atoms with Crippen molar-refractivity contribution in [2.45, 2.75) is 6.42 Å². The zero-order valence-electron chi connectivity index (χ0n) is 8.25. The number of hydrogen-bond acceptors (Lipinski definition) is 4. The molecular formula is C11H9NO3S. The number of thiophene rings is 1. The number of nitrogens with zero attached hydrogens (tertiary/aromatic N) is 1. The SMILES string of the molecule is O=C(O)C/C(=N/O)c1cc2ccccc2s1. The van der Waals surface area contributed by atoms with E-state index in [1.54, 1.807) is 0 Å². The summed E-state index contributed by atoms with van der Waals surface area (Å²) in [6.45, 7) is 0. The Morgan fingerprint density at radius 2 is 2.12 bits per heavy atom. The fourth-order valence-electron chi connectivity index (χ4n) is 1.44. The van der Waals surface area contributed by atoms with Crippen molar-refractivity contribution in [3.05, 3.63) is 35.2 Å². The van der Waals surface area contributed by atoms with Crippen LogP contribution in [0.25, 0.3) is 10.1 Å². The van der Waals surface area contributed by atoms with Gasteiger partial charge in [-0.2, -0.15) is 0 Å². The molecule has 0 fully saturated rings. The van der Waals surface area contributed by atoms with Crippen LogP contribution >= 0.6 is 11.3 Å². The van der Waals surface area contributed by atoms with Crippen LogP contribution in [0, 0.1) is 0 Å². The third kappa shape index (κ3) is 2.04. The Morgan fingerprint density at radius 1 is 1.38 bits per heavy atom. The monoisotopic (exact) mass is 235 g/mol. The second-order valence-electron chi connectivity index (χ2n) is 3.27. The molecule has 0 radical (unpaired) electrons. The smallest absolute Gasteiger partial charge is 0.309 e. The van der Waals surface area contributed by atoms with E-state index < -0.39 is 5.97 Å². The maximum atomic E-state index is 10.6. The fraction of sp³-hybridized carbons (Fsp3) is 0.0909. The van der Waals surface area contributed by atoms with Crippen LogP contribution in [0.5, 0.6) is 0 Å². The molecule has 2 aromatic rings. The molecule has 0 amide bonds. The van der Waals surface area contributed by atoms with Gasteiger partial charge in [0.15, 0.2) is 0 Å². The summed E-state index contributed by atoms with van der Waals surface area (Å²) in [7, 11) is 0. The van der Waals surface area contributed by atoms with Gasteiger partial charge in [0.1, 0.15) is 5.71 Å². The van der Waals surface area contributed by atoms with E-state index >= 15 is 0 Å². The zero-order valence-corrected chi connectivity index (χ0v) is 9.07. The summed E-state index contributed by atoms with van der Waals surface area (Å²) in [6.07, 6.45) is -0.274. The van der Waals surface area contributed by atoms with E-state index in [1.165, 1.54) is 11.3 Å². The first kappa shape index (κ1) is 10.6. The highest BCUT2D eigenvalue weighted by Crippen LogP contribution is 2.26. The normalized spacial score (nSPS) is 11.9. The summed E-state index contributed by atoms with van der Waals surface area (Å²) in [4.78, 5) is 11.3. The van der Waals surface area contributed by atoms with Crippen molar-refractivity contribution in [1.29, 1.82) is 0 Å². The minimum absolute atomic E-state index is 0.189. The van der Waals surface area contributed by atoms with Crippen molar-refractivity contribution in [2.75, 3.05) is 0 Å². The lowest BCUT2D eigenvalue weighted by atomic mass is 10.2. The van der Waals surface area contributed by atoms with Gasteiger partial charge in [-0.1, -0.05) is 23.4 Å². The van der Waals surface area contributed by atoms with Gasteiger partial charge in [0.2, 0.25) is 0 Å². The molecule has 0 aliphatic rings. The standard InChI is InChI=1S/C11H9NO3S/c13-11(14)6-8(12-15)10-5-7-3-1-2-4-9(7)16-10/h1-5,15H,6H2,(H,13,14)/b12-8-. The van der Waals surface area contributed by atoms with Crippen molar-refractivity contribution < 1.29 is 15.1 Å². The van der Waals surface area contributed by atoms with Gasteiger partial charge in [-0.25, -0.2) is 0 Å². The molecule has 0 bridgehead atoms. The predicted octanol–water partition coefficient (Wildman–Crippen LogP) is 2.55. The van der Waals surface area contributed by atoms with Crippen LogP contribution in [0.1, 0.15) is 11.3 Å². The lowest BCUT2D eigenvalue weighted by molar-refractivity contribution is -0.135. The van der Waals surface area contributed by atoms with Crippen LogP contribution in [-0.2, 0) is 4.79 Å². The van der Waals surface area contributed by atoms with Crippen LogP contribution in [-0.4, -0.2) is 22.0 Å². The van der Waals surface area contributed by atoms with Crippen molar-refractivity contribution in [3.63, 3.8) is 0 Å². The summed E-state index contributed by atoms with van der Waals surface area (Å²) in [6, 6.07) is 9.53. The first-order valence-electron chi connectivity index (χ1n) is 4.62. The highest BCUT2D eigenvalue weighted by Gasteiger charge is 2.12. The molecule has 0 unspecified atom stereocenters. The van der Waals surface area contributed by atoms with E-state index in [2.05, 4.69) is 5.16 Å². The average molecular weight is 235 g/mol. The molecule has 0 saturated carbocycles. The van der Waals surface area contributed by atoms with Gasteiger partial charge in [-0.15, -0.1) is 11.3 Å². The van der Waals surface area contributed by atoms with Crippen molar-refractivity contribution in [3.8, 4) is 0 Å². The van der Waals surface area contributed by atoms with Gasteiger partial charge in [-0.05, 0) is 17.5 Å². The molecule has 1 aromatic carbocycles. The van der Waals surface area contributed by atoms with Crippen LogP contribution in [0.2, 0.25) is 0 Å². The Kier molecular flexibility index (Phi) is 2.87. The minimum atomic E-state index is -1.01. The number of rotatable bonds is 3. The summed E-state index contributed by atoms with van der Waals surface area (Å²) < 4.78 is 1.05. The Labute approximate surface area is 95.4 Å². The molecular weight excluding hydrogens is 226 g/mol. The van der Waals surface area contributed by atoms with Gasteiger partial charge in [0.25, 0.3) is 0 Å². The quantitative estimate of drug-likeness (QED) is 0.488. The number of carboxylic acids is 1. The van der Waals surface area contributed by atoms with Gasteiger partial charge < -0.3 is 10.3 Å². The molecule has 4 nitrogen and oxygen atoms in total. The molecule has 0 spiro atoms. The summed E-state index contributed by atoms with van der Waals surface area (Å²) in [5.74, 6) is -1.01. The van der Waals surface area contributed by atoms with E-state index in [9.17, 15) is 4.79 Å². The van der Waals surface area contributed by atoms with Crippen LogP contribution in [0.3, 0.4) is 0 Å². The van der Waals surface area contributed by atoms with Gasteiger partial charge in [0, 0.05) is 4.70 Å². The van der Waals surface area contributed by atoms with Crippen molar-refractivity contribution >= 4 is 33.1 Å². The Hall–Kier alpha value is -1.88. The summed E-state index contributed by atoms with van der Waals surface area (Å²) in [5, 5.41) is 21.5. The molecule has 82 valence electrons. The number of fused-ring (bicyclic) bond motifs is 1. The lowest BCUT2D eigenvalue weighted by Gasteiger charge is -1.95. The van der Waals surface area contributed by atoms with Gasteiger partial charge in [-0.3, -0.25) is 4.79 Å². The largest absolute Gasteiger partial charge is 0.481 e. The third-order valence-electron chi connectivity index (χ3n) is 2.15. The Balaban J connectivity index is 2.42. The first-order chi connectivity index (χ1) is 7.70. The fourth-order valence-corrected chi connectivity index (χ4v) is 2.48.